The van der Waals surface area contributed by atoms with E-state index in [-0.39, 0.29) is 19.0 Å². The van der Waals surface area contributed by atoms with Crippen molar-refractivity contribution in [2.45, 2.75) is 0 Å². The maximum Gasteiger partial charge on any atom is 0.323 e. The number of rotatable bonds is 2. The molecule has 0 spiro atoms. The van der Waals surface area contributed by atoms with E-state index < -0.39 is 5.97 Å². The third kappa shape index (κ3) is 2.03. The Kier molecular flexibility index (Phi) is 2.66. The first-order chi connectivity index (χ1) is 8.11. The van der Waals surface area contributed by atoms with Crippen LogP contribution in [-0.2, 0) is 9.59 Å². The number of nitrogens with zero attached hydrogens (tertiary/aromatic N) is 2. The number of fused-ring (bicyclic) bond motifs is 1. The molecule has 0 bridgehead atoms. The highest BCUT2D eigenvalue weighted by atomic mass is 16.4. The van der Waals surface area contributed by atoms with Gasteiger partial charge >= 0.3 is 5.97 Å². The molecule has 1 aliphatic heterocycles. The van der Waals surface area contributed by atoms with E-state index >= 15 is 0 Å². The number of amides is 1. The summed E-state index contributed by atoms with van der Waals surface area (Å²) in [4.78, 5) is 23.6. The first kappa shape index (κ1) is 11.0. The normalized spacial score (nSPS) is 13.6. The molecule has 0 unspecified atom stereocenters. The molecule has 6 heteroatoms. The summed E-state index contributed by atoms with van der Waals surface area (Å²) in [6.07, 6.45) is 0. The summed E-state index contributed by atoms with van der Waals surface area (Å²) >= 11 is 0. The summed E-state index contributed by atoms with van der Waals surface area (Å²) in [6.45, 7) is -0.288. The maximum atomic E-state index is 11.4. The van der Waals surface area contributed by atoms with E-state index in [1.54, 1.807) is 18.2 Å². The predicted molar refractivity (Wildman–Crippen MR) is 59.6 cm³/mol. The van der Waals surface area contributed by atoms with E-state index in [0.717, 1.165) is 0 Å². The highest BCUT2D eigenvalue weighted by molar-refractivity contribution is 6.03. The van der Waals surface area contributed by atoms with Crippen LogP contribution in [-0.4, -0.2) is 30.1 Å². The summed E-state index contributed by atoms with van der Waals surface area (Å²) in [5.41, 5.74) is 1.27. The molecule has 2 rings (SSSR count). The molecule has 0 aliphatic carbocycles. The lowest BCUT2D eigenvalue weighted by molar-refractivity contribution is -0.135. The monoisotopic (exact) mass is 231 g/mol. The smallest absolute Gasteiger partial charge is 0.323 e. The molecule has 2 N–H and O–H groups in total. The Morgan fingerprint density at radius 1 is 1.59 bits per heavy atom. The Balaban J connectivity index is 2.47. The fraction of sp³-hybridized carbons (Fsp3) is 0.182. The average molecular weight is 231 g/mol. The fourth-order valence-electron chi connectivity index (χ4n) is 1.77. The third-order valence-corrected chi connectivity index (χ3v) is 2.43. The van der Waals surface area contributed by atoms with E-state index in [0.29, 0.717) is 16.9 Å². The molecule has 0 radical (unpaired) electrons. The molecule has 1 aliphatic rings. The summed E-state index contributed by atoms with van der Waals surface area (Å²) in [5, 5.41) is 20.3. The van der Waals surface area contributed by atoms with Gasteiger partial charge in [-0.2, -0.15) is 5.26 Å². The van der Waals surface area contributed by atoms with Crippen molar-refractivity contribution >= 4 is 23.3 Å². The number of aliphatic carboxylic acids is 1. The Morgan fingerprint density at radius 2 is 2.35 bits per heavy atom. The first-order valence-electron chi connectivity index (χ1n) is 4.91. The van der Waals surface area contributed by atoms with E-state index in [1.807, 2.05) is 6.07 Å². The van der Waals surface area contributed by atoms with Crippen molar-refractivity contribution in [3.05, 3.63) is 23.8 Å². The van der Waals surface area contributed by atoms with Gasteiger partial charge in [-0.25, -0.2) is 0 Å². The number of carboxylic acids is 1. The molecule has 6 nitrogen and oxygen atoms in total. The molecule has 0 aromatic heterocycles. The van der Waals surface area contributed by atoms with Gasteiger partial charge in [0.05, 0.1) is 23.5 Å². The Morgan fingerprint density at radius 3 is 3.00 bits per heavy atom. The highest BCUT2D eigenvalue weighted by Gasteiger charge is 2.25. The van der Waals surface area contributed by atoms with Gasteiger partial charge in [0.2, 0.25) is 5.91 Å². The molecule has 1 amide bonds. The number of hydrogen-bond donors (Lipinski definition) is 2. The number of carbonyl (C=O) groups excluding carboxylic acids is 1. The second-order valence-electron chi connectivity index (χ2n) is 3.61. The molecular weight excluding hydrogens is 222 g/mol. The molecular formula is C11H9N3O3. The zero-order valence-corrected chi connectivity index (χ0v) is 8.80. The number of carbonyl (C=O) groups is 2. The van der Waals surface area contributed by atoms with Crippen molar-refractivity contribution in [2.24, 2.45) is 0 Å². The maximum absolute atomic E-state index is 11.4. The minimum absolute atomic E-state index is 0.0197. The lowest BCUT2D eigenvalue weighted by Crippen LogP contribution is -2.41. The van der Waals surface area contributed by atoms with Gasteiger partial charge in [0.25, 0.3) is 0 Å². The van der Waals surface area contributed by atoms with Crippen molar-refractivity contribution in [1.82, 2.24) is 0 Å². The van der Waals surface area contributed by atoms with Crippen LogP contribution in [0.15, 0.2) is 18.2 Å². The minimum Gasteiger partial charge on any atom is -0.480 e. The zero-order chi connectivity index (χ0) is 12.4. The lowest BCUT2D eigenvalue weighted by atomic mass is 10.1. The van der Waals surface area contributed by atoms with Crippen molar-refractivity contribution < 1.29 is 14.7 Å². The van der Waals surface area contributed by atoms with Crippen molar-refractivity contribution in [1.29, 1.82) is 5.26 Å². The van der Waals surface area contributed by atoms with E-state index in [9.17, 15) is 9.59 Å². The van der Waals surface area contributed by atoms with E-state index in [1.165, 1.54) is 4.90 Å². The van der Waals surface area contributed by atoms with Crippen LogP contribution in [0.2, 0.25) is 0 Å². The van der Waals surface area contributed by atoms with Gasteiger partial charge in [-0.15, -0.1) is 0 Å². The molecule has 17 heavy (non-hydrogen) atoms. The standard InChI is InChI=1S/C11H9N3O3/c12-4-7-2-1-3-8-11(7)13-9(15)5-14(8)6-10(16)17/h1-3H,5-6H2,(H,13,15)(H,16,17). The van der Waals surface area contributed by atoms with Gasteiger partial charge in [-0.1, -0.05) is 6.07 Å². The van der Waals surface area contributed by atoms with E-state index in [4.69, 9.17) is 10.4 Å². The zero-order valence-electron chi connectivity index (χ0n) is 8.80. The van der Waals surface area contributed by atoms with Crippen LogP contribution < -0.4 is 10.2 Å². The van der Waals surface area contributed by atoms with E-state index in [2.05, 4.69) is 5.32 Å². The Hall–Kier alpha value is -2.55. The topological polar surface area (TPSA) is 93.4 Å². The number of carboxylic acid groups (broad SMARTS) is 1. The Bertz CT molecular complexity index is 533. The summed E-state index contributed by atoms with van der Waals surface area (Å²) in [5.74, 6) is -1.34. The van der Waals surface area contributed by atoms with Crippen LogP contribution in [0.25, 0.3) is 0 Å². The van der Waals surface area contributed by atoms with Gasteiger partial charge < -0.3 is 15.3 Å². The number of para-hydroxylation sites is 1. The molecule has 1 aromatic carbocycles. The molecule has 1 heterocycles. The first-order valence-corrected chi connectivity index (χ1v) is 4.91. The second kappa shape index (κ2) is 4.14. The summed E-state index contributed by atoms with van der Waals surface area (Å²) in [7, 11) is 0. The van der Waals surface area contributed by atoms with Crippen molar-refractivity contribution in [3.63, 3.8) is 0 Å². The van der Waals surface area contributed by atoms with Gasteiger partial charge in [-0.3, -0.25) is 9.59 Å². The third-order valence-electron chi connectivity index (χ3n) is 2.43. The van der Waals surface area contributed by atoms with Crippen molar-refractivity contribution in [2.75, 3.05) is 23.3 Å². The van der Waals surface area contributed by atoms with Gasteiger partial charge in [0.1, 0.15) is 12.6 Å². The van der Waals surface area contributed by atoms with Crippen LogP contribution in [0.4, 0.5) is 11.4 Å². The molecule has 0 saturated carbocycles. The summed E-state index contributed by atoms with van der Waals surface area (Å²) < 4.78 is 0. The van der Waals surface area contributed by atoms with Crippen LogP contribution in [0.1, 0.15) is 5.56 Å². The lowest BCUT2D eigenvalue weighted by Gasteiger charge is -2.29. The van der Waals surface area contributed by atoms with Gasteiger partial charge in [0, 0.05) is 0 Å². The molecule has 0 atom stereocenters. The molecule has 0 saturated heterocycles. The minimum atomic E-state index is -1.02. The second-order valence-corrected chi connectivity index (χ2v) is 3.61. The quantitative estimate of drug-likeness (QED) is 0.768. The van der Waals surface area contributed by atoms with Crippen LogP contribution in [0.3, 0.4) is 0 Å². The number of anilines is 2. The number of nitrogens with one attached hydrogen (secondary N) is 1. The van der Waals surface area contributed by atoms with Crippen LogP contribution in [0, 0.1) is 11.3 Å². The number of hydrogen-bond acceptors (Lipinski definition) is 4. The fourth-order valence-corrected chi connectivity index (χ4v) is 1.77. The Labute approximate surface area is 97.1 Å². The molecule has 86 valence electrons. The molecule has 0 fully saturated rings. The summed E-state index contributed by atoms with van der Waals surface area (Å²) in [6, 6.07) is 6.87. The predicted octanol–water partition coefficient (Wildman–Crippen LogP) is 0.401. The SMILES string of the molecule is N#Cc1cccc2c1NC(=O)CN2CC(=O)O. The van der Waals surface area contributed by atoms with Gasteiger partial charge in [0.15, 0.2) is 0 Å². The van der Waals surface area contributed by atoms with Gasteiger partial charge in [-0.05, 0) is 12.1 Å². The number of nitriles is 1. The highest BCUT2D eigenvalue weighted by Crippen LogP contribution is 2.31. The largest absolute Gasteiger partial charge is 0.480 e. The van der Waals surface area contributed by atoms with Crippen LogP contribution in [0.5, 0.6) is 0 Å². The average Bonchev–Trinajstić information content (AvgIpc) is 2.27. The molecule has 1 aromatic rings. The number of benzene rings is 1. The van der Waals surface area contributed by atoms with Crippen LogP contribution >= 0.6 is 0 Å². The van der Waals surface area contributed by atoms with Crippen molar-refractivity contribution in [3.8, 4) is 6.07 Å².